The predicted molar refractivity (Wildman–Crippen MR) is 82.2 cm³/mol. The van der Waals surface area contributed by atoms with Gasteiger partial charge in [0.15, 0.2) is 6.61 Å². The summed E-state index contributed by atoms with van der Waals surface area (Å²) in [6.07, 6.45) is 0. The minimum atomic E-state index is -1.28. The van der Waals surface area contributed by atoms with Crippen LogP contribution < -0.4 is 14.8 Å². The zero-order valence-corrected chi connectivity index (χ0v) is 12.3. The number of carbonyl (C=O) groups is 2. The summed E-state index contributed by atoms with van der Waals surface area (Å²) < 4.78 is 10.3. The van der Waals surface area contributed by atoms with Gasteiger partial charge in [-0.1, -0.05) is 0 Å². The van der Waals surface area contributed by atoms with E-state index >= 15 is 0 Å². The Morgan fingerprint density at radius 3 is 2.35 bits per heavy atom. The third kappa shape index (κ3) is 4.37. The Balaban J connectivity index is 1.94. The summed E-state index contributed by atoms with van der Waals surface area (Å²) >= 11 is 0. The average Bonchev–Trinajstić information content (AvgIpc) is 2.55. The second kappa shape index (κ2) is 7.17. The van der Waals surface area contributed by atoms with E-state index in [-0.39, 0.29) is 23.6 Å². The first-order valence-electron chi connectivity index (χ1n) is 6.62. The highest BCUT2D eigenvalue weighted by molar-refractivity contribution is 5.96. The van der Waals surface area contributed by atoms with Gasteiger partial charge in [-0.05, 0) is 42.5 Å². The van der Waals surface area contributed by atoms with E-state index in [2.05, 4.69) is 5.32 Å². The highest BCUT2D eigenvalue weighted by atomic mass is 16.5. The van der Waals surface area contributed by atoms with Gasteiger partial charge >= 0.3 is 5.97 Å². The molecule has 7 heteroatoms. The van der Waals surface area contributed by atoms with Crippen molar-refractivity contribution in [3.05, 3.63) is 48.0 Å². The summed E-state index contributed by atoms with van der Waals surface area (Å²) in [4.78, 5) is 22.7. The molecule has 0 heterocycles. The molecule has 0 unspecified atom stereocenters. The number of aromatic carboxylic acids is 1. The van der Waals surface area contributed by atoms with Crippen molar-refractivity contribution in [3.8, 4) is 17.2 Å². The number of benzene rings is 2. The highest BCUT2D eigenvalue weighted by Crippen LogP contribution is 2.21. The second-order valence-corrected chi connectivity index (χ2v) is 4.55. The monoisotopic (exact) mass is 317 g/mol. The van der Waals surface area contributed by atoms with Gasteiger partial charge in [-0.15, -0.1) is 0 Å². The number of methoxy groups -OCH3 is 1. The molecule has 1 amide bonds. The van der Waals surface area contributed by atoms with Crippen LogP contribution in [0, 0.1) is 0 Å². The van der Waals surface area contributed by atoms with Gasteiger partial charge < -0.3 is 25.0 Å². The lowest BCUT2D eigenvalue weighted by atomic mass is 10.2. The van der Waals surface area contributed by atoms with Gasteiger partial charge in [0.1, 0.15) is 22.8 Å². The fourth-order valence-electron chi connectivity index (χ4n) is 1.80. The van der Waals surface area contributed by atoms with E-state index in [0.717, 1.165) is 0 Å². The number of anilines is 1. The van der Waals surface area contributed by atoms with Crippen molar-refractivity contribution in [2.24, 2.45) is 0 Å². The molecule has 2 rings (SSSR count). The van der Waals surface area contributed by atoms with Gasteiger partial charge in [0.25, 0.3) is 5.91 Å². The maximum Gasteiger partial charge on any atom is 0.339 e. The van der Waals surface area contributed by atoms with E-state index < -0.39 is 11.9 Å². The van der Waals surface area contributed by atoms with Crippen molar-refractivity contribution in [1.82, 2.24) is 0 Å². The van der Waals surface area contributed by atoms with Crippen molar-refractivity contribution in [2.75, 3.05) is 19.0 Å². The van der Waals surface area contributed by atoms with Crippen molar-refractivity contribution in [2.45, 2.75) is 0 Å². The predicted octanol–water partition coefficient (Wildman–Crippen LogP) is 2.12. The van der Waals surface area contributed by atoms with Gasteiger partial charge in [-0.3, -0.25) is 4.79 Å². The number of carboxylic acid groups (broad SMARTS) is 1. The molecule has 0 spiro atoms. The molecule has 0 bridgehead atoms. The summed E-state index contributed by atoms with van der Waals surface area (Å²) in [6.45, 7) is -0.240. The third-order valence-corrected chi connectivity index (χ3v) is 2.94. The molecule has 0 radical (unpaired) electrons. The summed E-state index contributed by atoms with van der Waals surface area (Å²) in [6, 6.07) is 10.5. The van der Waals surface area contributed by atoms with E-state index in [9.17, 15) is 14.7 Å². The Labute approximate surface area is 132 Å². The minimum absolute atomic E-state index is 0.240. The number of amides is 1. The Morgan fingerprint density at radius 2 is 1.74 bits per heavy atom. The molecule has 23 heavy (non-hydrogen) atoms. The summed E-state index contributed by atoms with van der Waals surface area (Å²) in [7, 11) is 1.55. The van der Waals surface area contributed by atoms with Crippen molar-refractivity contribution in [1.29, 1.82) is 0 Å². The highest BCUT2D eigenvalue weighted by Gasteiger charge is 2.11. The molecule has 120 valence electrons. The molecule has 0 saturated heterocycles. The zero-order chi connectivity index (χ0) is 16.8. The van der Waals surface area contributed by atoms with Gasteiger partial charge in [-0.25, -0.2) is 4.79 Å². The second-order valence-electron chi connectivity index (χ2n) is 4.55. The van der Waals surface area contributed by atoms with Crippen molar-refractivity contribution >= 4 is 17.6 Å². The molecular formula is C16H15NO6. The number of hydrogen-bond donors (Lipinski definition) is 3. The fourth-order valence-corrected chi connectivity index (χ4v) is 1.80. The molecule has 0 aromatic heterocycles. The molecule has 2 aromatic carbocycles. The van der Waals surface area contributed by atoms with E-state index in [4.69, 9.17) is 14.6 Å². The SMILES string of the molecule is COc1ccc(OCC(=O)Nc2ccc(O)c(C(=O)O)c2)cc1. The van der Waals surface area contributed by atoms with Crippen LogP contribution in [-0.2, 0) is 4.79 Å². The lowest BCUT2D eigenvalue weighted by Crippen LogP contribution is -2.20. The lowest BCUT2D eigenvalue weighted by Gasteiger charge is -2.09. The smallest absolute Gasteiger partial charge is 0.339 e. The van der Waals surface area contributed by atoms with Gasteiger partial charge in [0.05, 0.1) is 7.11 Å². The molecule has 0 aliphatic carbocycles. The van der Waals surface area contributed by atoms with Crippen LogP contribution in [-0.4, -0.2) is 35.8 Å². The van der Waals surface area contributed by atoms with E-state index in [1.54, 1.807) is 31.4 Å². The first-order valence-corrected chi connectivity index (χ1v) is 6.62. The number of nitrogens with one attached hydrogen (secondary N) is 1. The van der Waals surface area contributed by atoms with E-state index in [1.807, 2.05) is 0 Å². The molecule has 0 fully saturated rings. The lowest BCUT2D eigenvalue weighted by molar-refractivity contribution is -0.118. The molecule has 3 N–H and O–H groups in total. The number of ether oxygens (including phenoxy) is 2. The molecule has 0 saturated carbocycles. The quantitative estimate of drug-likeness (QED) is 0.705. The normalized spacial score (nSPS) is 9.96. The summed E-state index contributed by atoms with van der Waals surface area (Å²) in [5, 5.41) is 20.8. The number of aromatic hydroxyl groups is 1. The molecule has 2 aromatic rings. The Bertz CT molecular complexity index is 711. The number of hydrogen-bond acceptors (Lipinski definition) is 5. The van der Waals surface area contributed by atoms with Crippen LogP contribution in [0.25, 0.3) is 0 Å². The average molecular weight is 317 g/mol. The summed E-state index contributed by atoms with van der Waals surface area (Å²) in [5.74, 6) is -0.939. The molecule has 0 aliphatic heterocycles. The van der Waals surface area contributed by atoms with Gasteiger partial charge in [-0.2, -0.15) is 0 Å². The number of carbonyl (C=O) groups excluding carboxylic acids is 1. The fraction of sp³-hybridized carbons (Fsp3) is 0.125. The van der Waals surface area contributed by atoms with Crippen LogP contribution in [0.1, 0.15) is 10.4 Å². The number of rotatable bonds is 6. The van der Waals surface area contributed by atoms with Crippen LogP contribution in [0.15, 0.2) is 42.5 Å². The molecule has 0 aliphatic rings. The summed E-state index contributed by atoms with van der Waals surface area (Å²) in [5.41, 5.74) is -0.0394. The number of carboxylic acids is 1. The third-order valence-electron chi connectivity index (χ3n) is 2.94. The maximum atomic E-state index is 11.8. The maximum absolute atomic E-state index is 11.8. The molecule has 7 nitrogen and oxygen atoms in total. The van der Waals surface area contributed by atoms with E-state index in [0.29, 0.717) is 11.5 Å². The first-order chi connectivity index (χ1) is 11.0. The Hall–Kier alpha value is -3.22. The zero-order valence-electron chi connectivity index (χ0n) is 12.3. The Kier molecular flexibility index (Phi) is 5.03. The molecule has 0 atom stereocenters. The van der Waals surface area contributed by atoms with Crippen LogP contribution >= 0.6 is 0 Å². The minimum Gasteiger partial charge on any atom is -0.507 e. The first kappa shape index (κ1) is 16.2. The molecular weight excluding hydrogens is 302 g/mol. The largest absolute Gasteiger partial charge is 0.507 e. The van der Waals surface area contributed by atoms with Crippen LogP contribution in [0.4, 0.5) is 5.69 Å². The van der Waals surface area contributed by atoms with Crippen LogP contribution in [0.3, 0.4) is 0 Å². The van der Waals surface area contributed by atoms with E-state index in [1.165, 1.54) is 18.2 Å². The van der Waals surface area contributed by atoms with Gasteiger partial charge in [0, 0.05) is 5.69 Å². The van der Waals surface area contributed by atoms with Gasteiger partial charge in [0.2, 0.25) is 0 Å². The Morgan fingerprint density at radius 1 is 1.09 bits per heavy atom. The topological polar surface area (TPSA) is 105 Å². The van der Waals surface area contributed by atoms with Crippen molar-refractivity contribution < 1.29 is 29.3 Å². The van der Waals surface area contributed by atoms with Crippen molar-refractivity contribution in [3.63, 3.8) is 0 Å². The number of phenols is 1. The van der Waals surface area contributed by atoms with Crippen LogP contribution in [0.2, 0.25) is 0 Å². The van der Waals surface area contributed by atoms with Crippen LogP contribution in [0.5, 0.6) is 17.2 Å². The standard InChI is InChI=1S/C16H15NO6/c1-22-11-3-5-12(6-4-11)23-9-15(19)17-10-2-7-14(18)13(8-10)16(20)21/h2-8,18H,9H2,1H3,(H,17,19)(H,20,21).